The van der Waals surface area contributed by atoms with Crippen molar-refractivity contribution in [1.82, 2.24) is 0 Å². The number of allylic oxidation sites excluding steroid dienone is 5. The SMILES string of the molecule is C=C1CC2(CCCCC2)Cc2ccc(C3=CC(c4ccccc4)=CC3)cc21. The smallest absolute Gasteiger partial charge is 0.00821 e. The lowest BCUT2D eigenvalue weighted by Gasteiger charge is -2.42. The maximum atomic E-state index is 4.50. The van der Waals surface area contributed by atoms with E-state index in [0.717, 1.165) is 6.42 Å². The van der Waals surface area contributed by atoms with Crippen molar-refractivity contribution in [2.75, 3.05) is 0 Å². The average molecular weight is 353 g/mol. The summed E-state index contributed by atoms with van der Waals surface area (Å²) in [7, 11) is 0. The van der Waals surface area contributed by atoms with Crippen molar-refractivity contribution in [1.29, 1.82) is 0 Å². The van der Waals surface area contributed by atoms with E-state index in [0.29, 0.717) is 5.41 Å². The van der Waals surface area contributed by atoms with Gasteiger partial charge in [0.05, 0.1) is 0 Å². The van der Waals surface area contributed by atoms with Gasteiger partial charge in [0.2, 0.25) is 0 Å². The van der Waals surface area contributed by atoms with Gasteiger partial charge in [0, 0.05) is 0 Å². The lowest BCUT2D eigenvalue weighted by atomic mass is 9.62. The van der Waals surface area contributed by atoms with Crippen molar-refractivity contribution in [3.05, 3.63) is 89.5 Å². The van der Waals surface area contributed by atoms with Crippen molar-refractivity contribution >= 4 is 16.7 Å². The first kappa shape index (κ1) is 16.8. The van der Waals surface area contributed by atoms with Crippen LogP contribution in [0.3, 0.4) is 0 Å². The van der Waals surface area contributed by atoms with Crippen LogP contribution in [0.2, 0.25) is 0 Å². The molecule has 2 aromatic carbocycles. The highest BCUT2D eigenvalue weighted by Gasteiger charge is 2.37. The van der Waals surface area contributed by atoms with Crippen molar-refractivity contribution in [2.45, 2.75) is 51.4 Å². The number of fused-ring (bicyclic) bond motifs is 1. The fourth-order valence-corrected chi connectivity index (χ4v) is 5.49. The van der Waals surface area contributed by atoms with Gasteiger partial charge in [-0.1, -0.05) is 80.5 Å². The molecule has 0 bridgehead atoms. The summed E-state index contributed by atoms with van der Waals surface area (Å²) in [5, 5.41) is 0. The topological polar surface area (TPSA) is 0 Å². The van der Waals surface area contributed by atoms with E-state index < -0.39 is 0 Å². The van der Waals surface area contributed by atoms with Crippen LogP contribution in [0, 0.1) is 5.41 Å². The Morgan fingerprint density at radius 2 is 1.63 bits per heavy atom. The Balaban J connectivity index is 1.43. The summed E-state index contributed by atoms with van der Waals surface area (Å²) in [6.07, 6.45) is 15.2. The monoisotopic (exact) mass is 352 g/mol. The van der Waals surface area contributed by atoms with Crippen LogP contribution in [-0.2, 0) is 6.42 Å². The molecule has 1 fully saturated rings. The molecule has 0 amide bonds. The minimum absolute atomic E-state index is 0.512. The minimum Gasteiger partial charge on any atom is -0.0952 e. The molecule has 0 heteroatoms. The van der Waals surface area contributed by atoms with Gasteiger partial charge in [-0.15, -0.1) is 0 Å². The molecule has 0 unspecified atom stereocenters. The van der Waals surface area contributed by atoms with E-state index in [-0.39, 0.29) is 0 Å². The zero-order valence-electron chi connectivity index (χ0n) is 16.1. The van der Waals surface area contributed by atoms with E-state index in [9.17, 15) is 0 Å². The van der Waals surface area contributed by atoms with Crippen molar-refractivity contribution < 1.29 is 0 Å². The molecule has 0 N–H and O–H groups in total. The molecule has 27 heavy (non-hydrogen) atoms. The largest absolute Gasteiger partial charge is 0.0952 e. The summed E-state index contributed by atoms with van der Waals surface area (Å²) in [4.78, 5) is 0. The summed E-state index contributed by atoms with van der Waals surface area (Å²) in [6.45, 7) is 4.50. The van der Waals surface area contributed by atoms with Gasteiger partial charge in [0.1, 0.15) is 0 Å². The molecule has 1 saturated carbocycles. The predicted molar refractivity (Wildman–Crippen MR) is 116 cm³/mol. The molecule has 0 nitrogen and oxygen atoms in total. The third kappa shape index (κ3) is 3.12. The summed E-state index contributed by atoms with van der Waals surface area (Å²) in [6, 6.07) is 17.9. The van der Waals surface area contributed by atoms with Gasteiger partial charge in [-0.3, -0.25) is 0 Å². The third-order valence-electron chi connectivity index (χ3n) is 6.91. The van der Waals surface area contributed by atoms with Gasteiger partial charge in [-0.25, -0.2) is 0 Å². The molecule has 136 valence electrons. The minimum atomic E-state index is 0.512. The fourth-order valence-electron chi connectivity index (χ4n) is 5.49. The maximum absolute atomic E-state index is 4.50. The molecule has 0 radical (unpaired) electrons. The lowest BCUT2D eigenvalue weighted by Crippen LogP contribution is -2.30. The van der Waals surface area contributed by atoms with E-state index in [2.05, 4.69) is 67.3 Å². The second-order valence-corrected chi connectivity index (χ2v) is 8.79. The van der Waals surface area contributed by atoms with E-state index in [4.69, 9.17) is 0 Å². The molecule has 3 aliphatic rings. The molecule has 0 aromatic heterocycles. The summed E-state index contributed by atoms with van der Waals surface area (Å²) < 4.78 is 0. The highest BCUT2D eigenvalue weighted by Crippen LogP contribution is 2.50. The van der Waals surface area contributed by atoms with Crippen molar-refractivity contribution in [3.63, 3.8) is 0 Å². The van der Waals surface area contributed by atoms with Crippen LogP contribution in [0.15, 0.2) is 67.3 Å². The number of rotatable bonds is 2. The van der Waals surface area contributed by atoms with Crippen LogP contribution in [0.25, 0.3) is 16.7 Å². The van der Waals surface area contributed by atoms with Crippen LogP contribution in [-0.4, -0.2) is 0 Å². The molecule has 2 aromatic rings. The highest BCUT2D eigenvalue weighted by molar-refractivity contribution is 5.90. The molecule has 5 rings (SSSR count). The number of hydrogen-bond donors (Lipinski definition) is 0. The first-order chi connectivity index (χ1) is 13.2. The Labute approximate surface area is 163 Å². The van der Waals surface area contributed by atoms with Crippen molar-refractivity contribution in [3.8, 4) is 0 Å². The second kappa shape index (κ2) is 6.68. The van der Waals surface area contributed by atoms with Crippen LogP contribution in [0.4, 0.5) is 0 Å². The Hall–Kier alpha value is -2.34. The Kier molecular flexibility index (Phi) is 4.16. The highest BCUT2D eigenvalue weighted by atomic mass is 14.4. The van der Waals surface area contributed by atoms with E-state index in [1.165, 1.54) is 83.9 Å². The molecule has 3 aliphatic carbocycles. The standard InChI is InChI=1S/C27H28/c1-20-18-27(14-6-3-7-15-27)19-25-13-12-24(17-26(20)25)23-11-10-22(16-23)21-8-4-2-5-9-21/h2,4-5,8-10,12-13,16-17H,1,3,6-7,11,14-15,18-19H2. The normalized spacial score (nSPS) is 21.0. The van der Waals surface area contributed by atoms with Gasteiger partial charge in [0.15, 0.2) is 0 Å². The summed E-state index contributed by atoms with van der Waals surface area (Å²) in [5.74, 6) is 0. The second-order valence-electron chi connectivity index (χ2n) is 8.79. The van der Waals surface area contributed by atoms with Gasteiger partial charge >= 0.3 is 0 Å². The van der Waals surface area contributed by atoms with Gasteiger partial charge in [0.25, 0.3) is 0 Å². The molecular weight excluding hydrogens is 324 g/mol. The predicted octanol–water partition coefficient (Wildman–Crippen LogP) is 7.47. The van der Waals surface area contributed by atoms with Crippen LogP contribution >= 0.6 is 0 Å². The van der Waals surface area contributed by atoms with Crippen LogP contribution < -0.4 is 0 Å². The van der Waals surface area contributed by atoms with Gasteiger partial charge in [-0.05, 0) is 82.6 Å². The number of benzene rings is 2. The Bertz CT molecular complexity index is 933. The maximum Gasteiger partial charge on any atom is -0.00821 e. The third-order valence-corrected chi connectivity index (χ3v) is 6.91. The van der Waals surface area contributed by atoms with E-state index >= 15 is 0 Å². The van der Waals surface area contributed by atoms with E-state index in [1.54, 1.807) is 0 Å². The quantitative estimate of drug-likeness (QED) is 0.526. The number of hydrogen-bond acceptors (Lipinski definition) is 0. The molecule has 0 atom stereocenters. The molecule has 0 aliphatic heterocycles. The lowest BCUT2D eigenvalue weighted by molar-refractivity contribution is 0.189. The van der Waals surface area contributed by atoms with Gasteiger partial charge < -0.3 is 0 Å². The van der Waals surface area contributed by atoms with E-state index in [1.807, 2.05) is 0 Å². The average Bonchev–Trinajstić information content (AvgIpc) is 3.19. The van der Waals surface area contributed by atoms with Gasteiger partial charge in [-0.2, -0.15) is 0 Å². The fraction of sp³-hybridized carbons (Fsp3) is 0.333. The molecule has 0 heterocycles. The Morgan fingerprint density at radius 3 is 2.44 bits per heavy atom. The summed E-state index contributed by atoms with van der Waals surface area (Å²) in [5.41, 5.74) is 10.3. The zero-order valence-corrected chi connectivity index (χ0v) is 16.1. The molecule has 1 spiro atoms. The first-order valence-corrected chi connectivity index (χ1v) is 10.5. The van der Waals surface area contributed by atoms with Crippen LogP contribution in [0.5, 0.6) is 0 Å². The molecular formula is C27H28. The summed E-state index contributed by atoms with van der Waals surface area (Å²) >= 11 is 0. The van der Waals surface area contributed by atoms with Crippen molar-refractivity contribution in [2.24, 2.45) is 5.41 Å². The Morgan fingerprint density at radius 1 is 0.815 bits per heavy atom. The zero-order chi connectivity index (χ0) is 18.3. The first-order valence-electron chi connectivity index (χ1n) is 10.5. The molecule has 0 saturated heterocycles. The van der Waals surface area contributed by atoms with Crippen LogP contribution in [0.1, 0.15) is 67.2 Å².